The van der Waals surface area contributed by atoms with Crippen LogP contribution in [0.4, 0.5) is 8.78 Å². The van der Waals surface area contributed by atoms with Gasteiger partial charge in [-0.2, -0.15) is 0 Å². The van der Waals surface area contributed by atoms with E-state index in [0.717, 1.165) is 50.1 Å². The number of carbonyl (C=O) groups is 1. The first kappa shape index (κ1) is 20.7. The van der Waals surface area contributed by atoms with E-state index in [2.05, 4.69) is 10.2 Å². The molecule has 1 aromatic carbocycles. The zero-order chi connectivity index (χ0) is 22.4. The first-order chi connectivity index (χ1) is 15.4. The number of halogens is 2. The van der Waals surface area contributed by atoms with Crippen LogP contribution in [-0.4, -0.2) is 39.9 Å². The molecule has 1 amide bonds. The number of aromatic hydroxyl groups is 1. The largest absolute Gasteiger partial charge is 0.503 e. The molecule has 0 bridgehead atoms. The first-order valence-corrected chi connectivity index (χ1v) is 10.7. The molecular weight excluding hydrogens is 420 g/mol. The highest BCUT2D eigenvalue weighted by Gasteiger charge is 2.37. The number of ether oxygens (including phenoxy) is 1. The molecule has 3 aliphatic rings. The van der Waals surface area contributed by atoms with Gasteiger partial charge >= 0.3 is 0 Å². The van der Waals surface area contributed by atoms with E-state index in [0.29, 0.717) is 18.8 Å². The second kappa shape index (κ2) is 8.05. The quantitative estimate of drug-likeness (QED) is 0.762. The minimum Gasteiger partial charge on any atom is -0.503 e. The van der Waals surface area contributed by atoms with Crippen molar-refractivity contribution < 1.29 is 23.4 Å². The zero-order valence-electron chi connectivity index (χ0n) is 17.4. The van der Waals surface area contributed by atoms with Crippen LogP contribution in [0, 0.1) is 11.6 Å². The van der Waals surface area contributed by atoms with Crippen LogP contribution in [0.5, 0.6) is 5.75 Å². The van der Waals surface area contributed by atoms with Gasteiger partial charge in [-0.1, -0.05) is 6.07 Å². The van der Waals surface area contributed by atoms with Crippen molar-refractivity contribution in [3.05, 3.63) is 68.6 Å². The van der Waals surface area contributed by atoms with E-state index in [9.17, 15) is 23.5 Å². The highest BCUT2D eigenvalue weighted by molar-refractivity contribution is 5.94. The highest BCUT2D eigenvalue weighted by atomic mass is 19.1. The van der Waals surface area contributed by atoms with Crippen LogP contribution >= 0.6 is 0 Å². The van der Waals surface area contributed by atoms with Gasteiger partial charge in [0.05, 0.1) is 18.8 Å². The van der Waals surface area contributed by atoms with Crippen LogP contribution in [0.2, 0.25) is 0 Å². The summed E-state index contributed by atoms with van der Waals surface area (Å²) in [5.74, 6) is -2.72. The van der Waals surface area contributed by atoms with Gasteiger partial charge in [0.1, 0.15) is 29.1 Å². The molecule has 5 rings (SSSR count). The summed E-state index contributed by atoms with van der Waals surface area (Å²) in [6.45, 7) is 1.55. The van der Waals surface area contributed by atoms with Crippen molar-refractivity contribution in [1.29, 1.82) is 0 Å². The number of hydrogen-bond acceptors (Lipinski definition) is 5. The molecule has 0 radical (unpaired) electrons. The van der Waals surface area contributed by atoms with Crippen LogP contribution < -0.4 is 10.7 Å². The summed E-state index contributed by atoms with van der Waals surface area (Å²) < 4.78 is 34.6. The van der Waals surface area contributed by atoms with E-state index in [1.807, 2.05) is 0 Å². The Bertz CT molecular complexity index is 1180. The average Bonchev–Trinajstić information content (AvgIpc) is 2.74. The predicted molar refractivity (Wildman–Crippen MR) is 112 cm³/mol. The molecule has 2 aliphatic heterocycles. The Morgan fingerprint density at radius 1 is 1.25 bits per heavy atom. The number of nitrogens with zero attached hydrogens (tertiary/aromatic N) is 2. The van der Waals surface area contributed by atoms with E-state index in [1.165, 1.54) is 17.8 Å². The van der Waals surface area contributed by atoms with Crippen LogP contribution in [0.1, 0.15) is 47.3 Å². The Labute approximate surface area is 182 Å². The maximum absolute atomic E-state index is 13.9. The summed E-state index contributed by atoms with van der Waals surface area (Å²) in [6, 6.07) is 3.05. The Kier molecular flexibility index (Phi) is 5.21. The fourth-order valence-electron chi connectivity index (χ4n) is 4.50. The number of carbonyl (C=O) groups excluding carboxylic acids is 1. The number of fused-ring (bicyclic) bond motifs is 2. The van der Waals surface area contributed by atoms with E-state index in [4.69, 9.17) is 4.74 Å². The fraction of sp³-hybridized carbons (Fsp3) is 0.391. The minimum absolute atomic E-state index is 0.0882. The van der Waals surface area contributed by atoms with Crippen LogP contribution in [-0.2, 0) is 17.8 Å². The molecule has 9 heteroatoms. The number of aromatic nitrogens is 1. The van der Waals surface area contributed by atoms with Gasteiger partial charge in [-0.25, -0.2) is 8.78 Å². The van der Waals surface area contributed by atoms with Gasteiger partial charge in [-0.05, 0) is 37.3 Å². The Hall–Kier alpha value is -3.20. The lowest BCUT2D eigenvalue weighted by atomic mass is 9.87. The molecular formula is C23H23F2N3O4. The topological polar surface area (TPSA) is 83.8 Å². The Morgan fingerprint density at radius 2 is 2.06 bits per heavy atom. The number of amides is 1. The van der Waals surface area contributed by atoms with Gasteiger partial charge in [-0.3, -0.25) is 9.59 Å². The third-order valence-corrected chi connectivity index (χ3v) is 6.31. The van der Waals surface area contributed by atoms with Gasteiger partial charge in [0.2, 0.25) is 5.43 Å². The van der Waals surface area contributed by atoms with Crippen LogP contribution in [0.3, 0.4) is 0 Å². The summed E-state index contributed by atoms with van der Waals surface area (Å²) in [5.41, 5.74) is 1.51. The monoisotopic (exact) mass is 443 g/mol. The lowest BCUT2D eigenvalue weighted by molar-refractivity contribution is -0.0817. The van der Waals surface area contributed by atoms with Crippen molar-refractivity contribution in [3.63, 3.8) is 0 Å². The normalized spacial score (nSPS) is 19.8. The molecule has 1 saturated carbocycles. The average molecular weight is 443 g/mol. The molecule has 168 valence electrons. The fourth-order valence-corrected chi connectivity index (χ4v) is 4.50. The molecule has 1 aromatic heterocycles. The van der Waals surface area contributed by atoms with Crippen molar-refractivity contribution in [1.82, 2.24) is 14.8 Å². The maximum Gasteiger partial charge on any atom is 0.257 e. The van der Waals surface area contributed by atoms with E-state index >= 15 is 0 Å². The molecule has 0 spiro atoms. The summed E-state index contributed by atoms with van der Waals surface area (Å²) in [5, 5.41) is 13.3. The van der Waals surface area contributed by atoms with E-state index < -0.39 is 28.7 Å². The SMILES string of the molecule is O=C(NCc1ccc(F)cc1F)c1cn2c(c(O)c1=O)C(=C1CCC1)N1CCCOC1C2. The standard InChI is InChI=1S/C23H23F2N3O4/c24-15-6-5-14(17(25)9-15)10-26-23(31)16-11-27-12-18-28(7-2-8-32-18)19(13-3-1-4-13)20(27)22(30)21(16)29/h5-6,9,11,18,30H,1-4,7-8,10,12H2,(H,26,31). The maximum atomic E-state index is 13.9. The van der Waals surface area contributed by atoms with Gasteiger partial charge in [0, 0.05) is 30.9 Å². The van der Waals surface area contributed by atoms with Gasteiger partial charge in [0.15, 0.2) is 5.75 Å². The second-order valence-corrected chi connectivity index (χ2v) is 8.32. The second-order valence-electron chi connectivity index (χ2n) is 8.32. The molecule has 2 fully saturated rings. The molecule has 2 aromatic rings. The van der Waals surface area contributed by atoms with E-state index in [1.54, 1.807) is 4.57 Å². The number of nitrogens with one attached hydrogen (secondary N) is 1. The molecule has 7 nitrogen and oxygen atoms in total. The first-order valence-electron chi connectivity index (χ1n) is 10.7. The predicted octanol–water partition coefficient (Wildman–Crippen LogP) is 2.72. The van der Waals surface area contributed by atoms with Gasteiger partial charge in [0.25, 0.3) is 5.91 Å². The molecule has 3 heterocycles. The zero-order valence-corrected chi connectivity index (χ0v) is 17.4. The van der Waals surface area contributed by atoms with Crippen LogP contribution in [0.25, 0.3) is 5.70 Å². The minimum atomic E-state index is -0.790. The number of allylic oxidation sites excluding steroid dienone is 1. The number of benzene rings is 1. The van der Waals surface area contributed by atoms with Crippen molar-refractivity contribution in [3.8, 4) is 5.75 Å². The molecule has 32 heavy (non-hydrogen) atoms. The smallest absolute Gasteiger partial charge is 0.257 e. The summed E-state index contributed by atoms with van der Waals surface area (Å²) in [7, 11) is 0. The van der Waals surface area contributed by atoms with Crippen molar-refractivity contribution >= 4 is 11.6 Å². The van der Waals surface area contributed by atoms with Gasteiger partial charge < -0.3 is 24.6 Å². The highest BCUT2D eigenvalue weighted by Crippen LogP contribution is 2.42. The van der Waals surface area contributed by atoms with Gasteiger partial charge in [-0.15, -0.1) is 0 Å². The number of hydrogen-bond donors (Lipinski definition) is 2. The van der Waals surface area contributed by atoms with Crippen LogP contribution in [0.15, 0.2) is 34.8 Å². The summed E-state index contributed by atoms with van der Waals surface area (Å²) in [6.07, 6.45) is 4.92. The molecule has 1 aliphatic carbocycles. The lowest BCUT2D eigenvalue weighted by Crippen LogP contribution is -2.49. The third-order valence-electron chi connectivity index (χ3n) is 6.31. The molecule has 1 atom stereocenters. The number of pyridine rings is 1. The molecule has 1 saturated heterocycles. The molecule has 2 N–H and O–H groups in total. The Balaban J connectivity index is 1.49. The van der Waals surface area contributed by atoms with Crippen molar-refractivity contribution in [2.45, 2.75) is 45.0 Å². The Morgan fingerprint density at radius 3 is 2.78 bits per heavy atom. The van der Waals surface area contributed by atoms with Crippen molar-refractivity contribution in [2.75, 3.05) is 13.2 Å². The third kappa shape index (κ3) is 3.46. The van der Waals surface area contributed by atoms with E-state index in [-0.39, 0.29) is 23.9 Å². The lowest BCUT2D eigenvalue weighted by Gasteiger charge is -2.45. The molecule has 1 unspecified atom stereocenters. The summed E-state index contributed by atoms with van der Waals surface area (Å²) >= 11 is 0. The van der Waals surface area contributed by atoms with Crippen molar-refractivity contribution in [2.24, 2.45) is 0 Å². The summed E-state index contributed by atoms with van der Waals surface area (Å²) in [4.78, 5) is 27.8. The number of rotatable bonds is 3.